The summed E-state index contributed by atoms with van der Waals surface area (Å²) in [5.74, 6) is -1.05. The van der Waals surface area contributed by atoms with Crippen LogP contribution in [0.5, 0.6) is 0 Å². The fourth-order valence-corrected chi connectivity index (χ4v) is 2.06. The minimum atomic E-state index is -1.04. The largest absolute Gasteiger partial charge is 0.475 e. The maximum absolute atomic E-state index is 10.9. The first-order valence-electron chi connectivity index (χ1n) is 5.86. The Bertz CT molecular complexity index is 562. The van der Waals surface area contributed by atoms with Crippen molar-refractivity contribution in [3.8, 4) is 0 Å². The fraction of sp³-hybridized carbons (Fsp3) is 0.214. The van der Waals surface area contributed by atoms with Gasteiger partial charge in [-0.15, -0.1) is 0 Å². The van der Waals surface area contributed by atoms with Crippen molar-refractivity contribution in [2.75, 3.05) is 0 Å². The van der Waals surface area contributed by atoms with Crippen molar-refractivity contribution in [2.45, 2.75) is 19.5 Å². The molecule has 0 aliphatic carbocycles. The van der Waals surface area contributed by atoms with E-state index in [1.807, 2.05) is 31.2 Å². The molecule has 1 aromatic carbocycles. The number of furan rings is 1. The lowest BCUT2D eigenvalue weighted by Gasteiger charge is -2.14. The van der Waals surface area contributed by atoms with Gasteiger partial charge in [0.05, 0.1) is 6.26 Å². The van der Waals surface area contributed by atoms with Crippen molar-refractivity contribution < 1.29 is 14.3 Å². The first-order chi connectivity index (χ1) is 9.08. The highest BCUT2D eigenvalue weighted by Gasteiger charge is 2.14. The molecular weight excluding hydrogens is 310 g/mol. The Balaban J connectivity index is 2.00. The lowest BCUT2D eigenvalue weighted by molar-refractivity contribution is 0.0660. The Kier molecular flexibility index (Phi) is 4.39. The second-order valence-corrected chi connectivity index (χ2v) is 5.15. The Labute approximate surface area is 119 Å². The van der Waals surface area contributed by atoms with Crippen LogP contribution in [0, 0.1) is 0 Å². The van der Waals surface area contributed by atoms with Crippen molar-refractivity contribution in [3.05, 3.63) is 58.0 Å². The zero-order chi connectivity index (χ0) is 13.8. The summed E-state index contributed by atoms with van der Waals surface area (Å²) in [6.07, 6.45) is 1.39. The number of rotatable bonds is 5. The molecule has 1 atom stereocenters. The molecule has 4 nitrogen and oxygen atoms in total. The monoisotopic (exact) mass is 323 g/mol. The van der Waals surface area contributed by atoms with E-state index >= 15 is 0 Å². The normalized spacial score (nSPS) is 12.3. The highest BCUT2D eigenvalue weighted by molar-refractivity contribution is 9.10. The van der Waals surface area contributed by atoms with Crippen LogP contribution >= 0.6 is 15.9 Å². The molecule has 0 amide bonds. The number of benzene rings is 1. The third-order valence-corrected chi connectivity index (χ3v) is 3.44. The van der Waals surface area contributed by atoms with Crippen LogP contribution in [0.1, 0.15) is 34.6 Å². The molecule has 100 valence electrons. The lowest BCUT2D eigenvalue weighted by atomic mass is 10.1. The predicted molar refractivity (Wildman–Crippen MR) is 75.1 cm³/mol. The van der Waals surface area contributed by atoms with Gasteiger partial charge in [0.15, 0.2) is 0 Å². The summed E-state index contributed by atoms with van der Waals surface area (Å²) in [5.41, 5.74) is 1.79. The average molecular weight is 324 g/mol. The van der Waals surface area contributed by atoms with Crippen molar-refractivity contribution in [3.63, 3.8) is 0 Å². The topological polar surface area (TPSA) is 62.5 Å². The van der Waals surface area contributed by atoms with Gasteiger partial charge in [-0.2, -0.15) is 0 Å². The molecule has 5 heteroatoms. The van der Waals surface area contributed by atoms with Crippen LogP contribution in [-0.2, 0) is 6.54 Å². The van der Waals surface area contributed by atoms with E-state index < -0.39 is 5.97 Å². The molecule has 0 bridgehead atoms. The van der Waals surface area contributed by atoms with Crippen LogP contribution in [0.3, 0.4) is 0 Å². The molecule has 0 aliphatic heterocycles. The van der Waals surface area contributed by atoms with Gasteiger partial charge >= 0.3 is 5.97 Å². The highest BCUT2D eigenvalue weighted by atomic mass is 79.9. The van der Waals surface area contributed by atoms with Gasteiger partial charge in [-0.3, -0.25) is 0 Å². The van der Waals surface area contributed by atoms with Crippen LogP contribution in [0.4, 0.5) is 0 Å². The standard InChI is InChI=1S/C14H14BrNO3/c1-9(10-2-4-12(15)5-3-10)16-8-11-6-7-19-13(11)14(17)18/h2-7,9,16H,8H2,1H3,(H,17,18). The van der Waals surface area contributed by atoms with Gasteiger partial charge in [0.1, 0.15) is 0 Å². The van der Waals surface area contributed by atoms with E-state index in [1.165, 1.54) is 6.26 Å². The molecule has 0 fully saturated rings. The summed E-state index contributed by atoms with van der Waals surface area (Å²) in [6.45, 7) is 2.49. The summed E-state index contributed by atoms with van der Waals surface area (Å²) in [5, 5.41) is 12.2. The first kappa shape index (κ1) is 13.8. The molecule has 0 radical (unpaired) electrons. The van der Waals surface area contributed by atoms with E-state index in [2.05, 4.69) is 21.2 Å². The molecule has 2 aromatic rings. The van der Waals surface area contributed by atoms with E-state index in [4.69, 9.17) is 9.52 Å². The molecule has 1 heterocycles. The molecule has 0 aliphatic rings. The van der Waals surface area contributed by atoms with E-state index in [-0.39, 0.29) is 11.8 Å². The smallest absolute Gasteiger partial charge is 0.372 e. The van der Waals surface area contributed by atoms with Crippen LogP contribution in [-0.4, -0.2) is 11.1 Å². The number of carboxylic acids is 1. The summed E-state index contributed by atoms with van der Waals surface area (Å²) >= 11 is 3.39. The van der Waals surface area contributed by atoms with E-state index in [9.17, 15) is 4.79 Å². The average Bonchev–Trinajstić information content (AvgIpc) is 2.85. The predicted octanol–water partition coefficient (Wildman–Crippen LogP) is 3.59. The zero-order valence-corrected chi connectivity index (χ0v) is 12.0. The molecule has 19 heavy (non-hydrogen) atoms. The third-order valence-electron chi connectivity index (χ3n) is 2.91. The number of hydrogen-bond donors (Lipinski definition) is 2. The van der Waals surface area contributed by atoms with Crippen molar-refractivity contribution in [1.82, 2.24) is 5.32 Å². The van der Waals surface area contributed by atoms with Gasteiger partial charge in [0.2, 0.25) is 5.76 Å². The molecule has 1 unspecified atom stereocenters. The van der Waals surface area contributed by atoms with Gasteiger partial charge in [0, 0.05) is 22.6 Å². The maximum Gasteiger partial charge on any atom is 0.372 e. The molecule has 2 rings (SSSR count). The maximum atomic E-state index is 10.9. The number of carboxylic acid groups (broad SMARTS) is 1. The Morgan fingerprint density at radius 1 is 1.37 bits per heavy atom. The third kappa shape index (κ3) is 3.45. The highest BCUT2D eigenvalue weighted by Crippen LogP contribution is 2.18. The molecule has 0 saturated carbocycles. The van der Waals surface area contributed by atoms with Gasteiger partial charge in [-0.25, -0.2) is 4.79 Å². The summed E-state index contributed by atoms with van der Waals surface area (Å²) in [4.78, 5) is 10.9. The number of aromatic carboxylic acids is 1. The number of carbonyl (C=O) groups is 1. The Hall–Kier alpha value is -1.59. The Morgan fingerprint density at radius 2 is 2.05 bits per heavy atom. The van der Waals surface area contributed by atoms with Crippen molar-refractivity contribution >= 4 is 21.9 Å². The molecule has 1 aromatic heterocycles. The SMILES string of the molecule is CC(NCc1ccoc1C(=O)O)c1ccc(Br)cc1. The molecule has 0 spiro atoms. The number of nitrogens with one attached hydrogen (secondary N) is 1. The lowest BCUT2D eigenvalue weighted by Crippen LogP contribution is -2.19. The summed E-state index contributed by atoms with van der Waals surface area (Å²) in [7, 11) is 0. The summed E-state index contributed by atoms with van der Waals surface area (Å²) in [6, 6.07) is 9.81. The van der Waals surface area contributed by atoms with E-state index in [0.717, 1.165) is 10.0 Å². The molecule has 0 saturated heterocycles. The number of halogens is 1. The molecule has 2 N–H and O–H groups in total. The van der Waals surface area contributed by atoms with Gasteiger partial charge in [-0.05, 0) is 30.7 Å². The minimum Gasteiger partial charge on any atom is -0.475 e. The van der Waals surface area contributed by atoms with E-state index in [0.29, 0.717) is 12.1 Å². The van der Waals surface area contributed by atoms with Crippen LogP contribution in [0.2, 0.25) is 0 Å². The minimum absolute atomic E-state index is 0.00416. The molecular formula is C14H14BrNO3. The second-order valence-electron chi connectivity index (χ2n) is 4.23. The van der Waals surface area contributed by atoms with Gasteiger partial charge in [0.25, 0.3) is 0 Å². The van der Waals surface area contributed by atoms with Crippen molar-refractivity contribution in [2.24, 2.45) is 0 Å². The zero-order valence-electron chi connectivity index (χ0n) is 10.4. The van der Waals surface area contributed by atoms with E-state index in [1.54, 1.807) is 6.07 Å². The van der Waals surface area contributed by atoms with Gasteiger partial charge < -0.3 is 14.8 Å². The summed E-state index contributed by atoms with van der Waals surface area (Å²) < 4.78 is 5.97. The second kappa shape index (κ2) is 6.04. The van der Waals surface area contributed by atoms with Crippen LogP contribution in [0.15, 0.2) is 45.5 Å². The van der Waals surface area contributed by atoms with Crippen LogP contribution in [0.25, 0.3) is 0 Å². The fourth-order valence-electron chi connectivity index (χ4n) is 1.79. The first-order valence-corrected chi connectivity index (χ1v) is 6.65. The van der Waals surface area contributed by atoms with Crippen LogP contribution < -0.4 is 5.32 Å². The Morgan fingerprint density at radius 3 is 2.68 bits per heavy atom. The van der Waals surface area contributed by atoms with Gasteiger partial charge in [-0.1, -0.05) is 28.1 Å². The van der Waals surface area contributed by atoms with Crippen molar-refractivity contribution in [1.29, 1.82) is 0 Å². The quantitative estimate of drug-likeness (QED) is 0.882. The number of hydrogen-bond acceptors (Lipinski definition) is 3.